The van der Waals surface area contributed by atoms with Crippen molar-refractivity contribution in [3.8, 4) is 0 Å². The minimum Gasteiger partial charge on any atom is -0.388 e. The summed E-state index contributed by atoms with van der Waals surface area (Å²) in [6, 6.07) is 0. The van der Waals surface area contributed by atoms with Gasteiger partial charge < -0.3 is 5.11 Å². The Morgan fingerprint density at radius 2 is 2.27 bits per heavy atom. The van der Waals surface area contributed by atoms with Gasteiger partial charge in [0.2, 0.25) is 0 Å². The fourth-order valence-corrected chi connectivity index (χ4v) is 4.69. The molecule has 0 unspecified atom stereocenters. The monoisotopic (exact) mass is 194 g/mol. The van der Waals surface area contributed by atoms with Crippen LogP contribution in [0.1, 0.15) is 20.3 Å². The molecule has 1 saturated heterocycles. The Labute approximate surface area is 74.2 Å². The van der Waals surface area contributed by atoms with Crippen LogP contribution in [0.4, 0.5) is 0 Å². The summed E-state index contributed by atoms with van der Waals surface area (Å²) in [7, 11) is -0.834. The zero-order valence-electron chi connectivity index (χ0n) is 6.87. The van der Waals surface area contributed by atoms with Gasteiger partial charge in [-0.05, 0) is 26.0 Å². The lowest BCUT2D eigenvalue weighted by atomic mass is 10.2. The maximum absolute atomic E-state index is 11.4. The molecule has 0 spiro atoms. The van der Waals surface area contributed by atoms with Gasteiger partial charge in [-0.2, -0.15) is 0 Å². The average Bonchev–Trinajstić information content (AvgIpc) is 1.86. The molecule has 1 rings (SSSR count). The molecular formula is C7H14O2S2. The highest BCUT2D eigenvalue weighted by molar-refractivity contribution is 8.12. The second-order valence-electron chi connectivity index (χ2n) is 3.29. The molecule has 2 nitrogen and oxygen atoms in total. The van der Waals surface area contributed by atoms with E-state index in [4.69, 9.17) is 0 Å². The Hall–Kier alpha value is 0.460. The third kappa shape index (κ3) is 2.46. The van der Waals surface area contributed by atoms with E-state index in [0.717, 1.165) is 17.9 Å². The predicted octanol–water partition coefficient (Wildman–Crippen LogP) is 0.969. The lowest BCUT2D eigenvalue weighted by molar-refractivity contribution is 0.0973. The van der Waals surface area contributed by atoms with E-state index in [-0.39, 0.29) is 4.58 Å². The summed E-state index contributed by atoms with van der Waals surface area (Å²) in [5.41, 5.74) is -0.796. The second kappa shape index (κ2) is 3.46. The van der Waals surface area contributed by atoms with Crippen molar-refractivity contribution in [3.05, 3.63) is 0 Å². The van der Waals surface area contributed by atoms with Gasteiger partial charge in [0.25, 0.3) is 0 Å². The quantitative estimate of drug-likeness (QED) is 0.676. The van der Waals surface area contributed by atoms with Crippen molar-refractivity contribution in [1.82, 2.24) is 0 Å². The Morgan fingerprint density at radius 3 is 2.64 bits per heavy atom. The van der Waals surface area contributed by atoms with Gasteiger partial charge in [0.05, 0.1) is 5.60 Å². The lowest BCUT2D eigenvalue weighted by Crippen LogP contribution is -2.39. The first-order valence-corrected chi connectivity index (χ1v) is 6.16. The molecular weight excluding hydrogens is 180 g/mol. The molecule has 0 aliphatic carbocycles. The van der Waals surface area contributed by atoms with Gasteiger partial charge in [0, 0.05) is 16.6 Å². The molecule has 1 heterocycles. The Balaban J connectivity index is 2.62. The molecule has 0 aromatic rings. The fourth-order valence-electron chi connectivity index (χ4n) is 1.10. The van der Waals surface area contributed by atoms with E-state index in [9.17, 15) is 9.32 Å². The predicted molar refractivity (Wildman–Crippen MR) is 50.2 cm³/mol. The fraction of sp³-hybridized carbons (Fsp3) is 1.00. The van der Waals surface area contributed by atoms with Crippen LogP contribution in [0, 0.1) is 0 Å². The van der Waals surface area contributed by atoms with Crippen molar-refractivity contribution in [3.63, 3.8) is 0 Å². The van der Waals surface area contributed by atoms with Gasteiger partial charge in [-0.3, -0.25) is 4.21 Å². The first kappa shape index (κ1) is 9.55. The van der Waals surface area contributed by atoms with Gasteiger partial charge >= 0.3 is 0 Å². The van der Waals surface area contributed by atoms with Crippen LogP contribution in [0.25, 0.3) is 0 Å². The number of hydrogen-bond acceptors (Lipinski definition) is 3. The van der Waals surface area contributed by atoms with Crippen LogP contribution < -0.4 is 0 Å². The highest BCUT2D eigenvalue weighted by Crippen LogP contribution is 2.30. The summed E-state index contributed by atoms with van der Waals surface area (Å²) in [5.74, 6) is 1.78. The molecule has 66 valence electrons. The number of hydrogen-bond donors (Lipinski definition) is 1. The second-order valence-corrected chi connectivity index (χ2v) is 6.45. The summed E-state index contributed by atoms with van der Waals surface area (Å²) >= 11 is 1.63. The van der Waals surface area contributed by atoms with E-state index >= 15 is 0 Å². The Kier molecular flexibility index (Phi) is 3.00. The SMILES string of the molecule is CC(C)(O)[C@H]1SCCC[S@@]1=O. The summed E-state index contributed by atoms with van der Waals surface area (Å²) in [5, 5.41) is 9.60. The molecule has 0 saturated carbocycles. The molecule has 1 N–H and O–H groups in total. The summed E-state index contributed by atoms with van der Waals surface area (Å²) in [6.07, 6.45) is 1.02. The van der Waals surface area contributed by atoms with E-state index in [1.807, 2.05) is 0 Å². The van der Waals surface area contributed by atoms with Crippen molar-refractivity contribution in [2.75, 3.05) is 11.5 Å². The standard InChI is InChI=1S/C7H14O2S2/c1-7(2,8)6-10-4-3-5-11(6)9/h6,8H,3-5H2,1-2H3/t6-,11-/m0/s1. The van der Waals surface area contributed by atoms with Crippen LogP contribution >= 0.6 is 11.8 Å². The molecule has 0 aromatic carbocycles. The number of aliphatic hydroxyl groups is 1. The highest BCUT2D eigenvalue weighted by atomic mass is 32.2. The van der Waals surface area contributed by atoms with Crippen molar-refractivity contribution in [2.45, 2.75) is 30.5 Å². The number of rotatable bonds is 1. The maximum atomic E-state index is 11.4. The van der Waals surface area contributed by atoms with E-state index in [0.29, 0.717) is 0 Å². The summed E-state index contributed by atoms with van der Waals surface area (Å²) in [4.78, 5) is 0. The Bertz CT molecular complexity index is 162. The van der Waals surface area contributed by atoms with Crippen LogP contribution in [0.15, 0.2) is 0 Å². The molecule has 1 aliphatic heterocycles. The van der Waals surface area contributed by atoms with Crippen LogP contribution in [0.2, 0.25) is 0 Å². The van der Waals surface area contributed by atoms with E-state index < -0.39 is 16.4 Å². The van der Waals surface area contributed by atoms with Crippen molar-refractivity contribution >= 4 is 22.6 Å². The van der Waals surface area contributed by atoms with Crippen LogP contribution in [-0.4, -0.2) is 31.0 Å². The first-order valence-electron chi connectivity index (χ1n) is 3.73. The van der Waals surface area contributed by atoms with Gasteiger partial charge in [0.15, 0.2) is 0 Å². The van der Waals surface area contributed by atoms with Crippen LogP contribution in [0.3, 0.4) is 0 Å². The summed E-state index contributed by atoms with van der Waals surface area (Å²) in [6.45, 7) is 3.46. The Morgan fingerprint density at radius 1 is 1.64 bits per heavy atom. The van der Waals surface area contributed by atoms with Crippen LogP contribution in [-0.2, 0) is 10.8 Å². The first-order chi connectivity index (χ1) is 5.02. The smallest absolute Gasteiger partial charge is 0.108 e. The largest absolute Gasteiger partial charge is 0.388 e. The molecule has 0 amide bonds. The van der Waals surface area contributed by atoms with E-state index in [2.05, 4.69) is 0 Å². The maximum Gasteiger partial charge on any atom is 0.108 e. The molecule has 0 aromatic heterocycles. The molecule has 2 atom stereocenters. The average molecular weight is 194 g/mol. The van der Waals surface area contributed by atoms with Gasteiger partial charge in [-0.15, -0.1) is 11.8 Å². The van der Waals surface area contributed by atoms with Crippen LogP contribution in [0.5, 0.6) is 0 Å². The van der Waals surface area contributed by atoms with Gasteiger partial charge in [-0.25, -0.2) is 0 Å². The van der Waals surface area contributed by atoms with Crippen molar-refractivity contribution < 1.29 is 9.32 Å². The molecule has 11 heavy (non-hydrogen) atoms. The molecule has 0 bridgehead atoms. The molecule has 1 fully saturated rings. The molecule has 1 aliphatic rings. The normalized spacial score (nSPS) is 33.7. The minimum atomic E-state index is -0.834. The van der Waals surface area contributed by atoms with E-state index in [1.165, 1.54) is 0 Å². The molecule has 4 heteroatoms. The van der Waals surface area contributed by atoms with Crippen molar-refractivity contribution in [1.29, 1.82) is 0 Å². The lowest BCUT2D eigenvalue weighted by Gasteiger charge is -2.30. The van der Waals surface area contributed by atoms with Crippen molar-refractivity contribution in [2.24, 2.45) is 0 Å². The highest BCUT2D eigenvalue weighted by Gasteiger charge is 2.34. The summed E-state index contributed by atoms with van der Waals surface area (Å²) < 4.78 is 11.3. The topological polar surface area (TPSA) is 37.3 Å². The van der Waals surface area contributed by atoms with Gasteiger partial charge in [-0.1, -0.05) is 0 Å². The zero-order chi connectivity index (χ0) is 8.48. The third-order valence-corrected chi connectivity index (χ3v) is 5.78. The minimum absolute atomic E-state index is 0.0868. The third-order valence-electron chi connectivity index (χ3n) is 1.57. The number of thioether (sulfide) groups is 1. The molecule has 0 radical (unpaired) electrons. The zero-order valence-corrected chi connectivity index (χ0v) is 8.50. The van der Waals surface area contributed by atoms with Gasteiger partial charge in [0.1, 0.15) is 4.58 Å². The van der Waals surface area contributed by atoms with E-state index in [1.54, 1.807) is 25.6 Å².